The average Bonchev–Trinajstić information content (AvgIpc) is 2.42. The molecule has 0 spiro atoms. The van der Waals surface area contributed by atoms with Gasteiger partial charge in [-0.25, -0.2) is 0 Å². The summed E-state index contributed by atoms with van der Waals surface area (Å²) in [5.41, 5.74) is 5.54. The van der Waals surface area contributed by atoms with Crippen molar-refractivity contribution < 1.29 is 0 Å². The molecule has 1 N–H and O–H groups in total. The van der Waals surface area contributed by atoms with Gasteiger partial charge in [-0.3, -0.25) is 4.72 Å². The Morgan fingerprint density at radius 1 is 1.40 bits per heavy atom. The molecule has 3 heteroatoms. The van der Waals surface area contributed by atoms with Crippen LogP contribution in [0, 0.1) is 6.92 Å². The van der Waals surface area contributed by atoms with E-state index in [1.807, 2.05) is 7.05 Å². The van der Waals surface area contributed by atoms with Crippen LogP contribution in [0.25, 0.3) is 5.57 Å². The van der Waals surface area contributed by atoms with Crippen LogP contribution >= 0.6 is 10.7 Å². The third-order valence-corrected chi connectivity index (χ3v) is 4.71. The van der Waals surface area contributed by atoms with E-state index in [0.717, 1.165) is 18.7 Å². The first-order valence-corrected chi connectivity index (χ1v) is 8.62. The molecule has 0 bridgehead atoms. The normalized spacial score (nSPS) is 13.8. The van der Waals surface area contributed by atoms with Gasteiger partial charge in [0.1, 0.15) is 0 Å². The molecule has 1 unspecified atom stereocenters. The lowest BCUT2D eigenvalue weighted by Crippen LogP contribution is -2.13. The Hall–Kier alpha value is -0.900. The van der Waals surface area contributed by atoms with Crippen molar-refractivity contribution in [1.82, 2.24) is 9.62 Å². The molecular formula is C17H28N2S. The number of aryl methyl sites for hydroxylation is 1. The monoisotopic (exact) mass is 292 g/mol. The maximum absolute atomic E-state index is 4.12. The van der Waals surface area contributed by atoms with Crippen LogP contribution in [0.3, 0.4) is 0 Å². The molecule has 112 valence electrons. The summed E-state index contributed by atoms with van der Waals surface area (Å²) < 4.78 is 3.23. The van der Waals surface area contributed by atoms with Gasteiger partial charge in [0, 0.05) is 12.3 Å². The third kappa shape index (κ3) is 5.23. The van der Waals surface area contributed by atoms with E-state index in [4.69, 9.17) is 0 Å². The first kappa shape index (κ1) is 17.2. The second-order valence-electron chi connectivity index (χ2n) is 5.36. The molecular weight excluding hydrogens is 264 g/mol. The van der Waals surface area contributed by atoms with E-state index < -0.39 is 0 Å². The third-order valence-electron chi connectivity index (χ3n) is 3.45. The van der Waals surface area contributed by atoms with Crippen molar-refractivity contribution in [2.75, 3.05) is 27.7 Å². The highest BCUT2D eigenvalue weighted by molar-refractivity contribution is 8.11. The van der Waals surface area contributed by atoms with Gasteiger partial charge in [-0.15, -0.1) is 10.7 Å². The molecule has 1 rings (SSSR count). The summed E-state index contributed by atoms with van der Waals surface area (Å²) in [6.07, 6.45) is 3.34. The summed E-state index contributed by atoms with van der Waals surface area (Å²) in [5, 5.41) is 0. The predicted octanol–water partition coefficient (Wildman–Crippen LogP) is 3.69. The smallest absolute Gasteiger partial charge is 0.0261 e. The van der Waals surface area contributed by atoms with Crippen LogP contribution in [0.4, 0.5) is 0 Å². The Kier molecular flexibility index (Phi) is 7.20. The number of hydrogen-bond acceptors (Lipinski definition) is 2. The SMILES string of the molecule is C=S(Cc1ccc(C)c(/C(=C\C)CCN(C)C)c1)NC. The van der Waals surface area contributed by atoms with Crippen molar-refractivity contribution in [3.8, 4) is 0 Å². The number of nitrogens with zero attached hydrogens (tertiary/aromatic N) is 1. The molecule has 20 heavy (non-hydrogen) atoms. The molecule has 1 aromatic rings. The number of hydrogen-bond donors (Lipinski definition) is 1. The predicted molar refractivity (Wildman–Crippen MR) is 95.5 cm³/mol. The van der Waals surface area contributed by atoms with Crippen LogP contribution in [0.5, 0.6) is 0 Å². The Morgan fingerprint density at radius 2 is 2.10 bits per heavy atom. The lowest BCUT2D eigenvalue weighted by molar-refractivity contribution is 0.419. The van der Waals surface area contributed by atoms with Crippen molar-refractivity contribution >= 4 is 22.1 Å². The number of nitrogens with one attached hydrogen (secondary N) is 1. The van der Waals surface area contributed by atoms with Gasteiger partial charge < -0.3 is 4.90 Å². The minimum atomic E-state index is 0.00322. The lowest BCUT2D eigenvalue weighted by atomic mass is 9.96. The fraction of sp³-hybridized carbons (Fsp3) is 0.471. The first-order valence-electron chi connectivity index (χ1n) is 7.05. The van der Waals surface area contributed by atoms with Crippen LogP contribution in [-0.4, -0.2) is 38.5 Å². The van der Waals surface area contributed by atoms with Gasteiger partial charge >= 0.3 is 0 Å². The fourth-order valence-electron chi connectivity index (χ4n) is 2.16. The molecule has 0 saturated carbocycles. The second-order valence-corrected chi connectivity index (χ2v) is 7.04. The number of rotatable bonds is 7. The lowest BCUT2D eigenvalue weighted by Gasteiger charge is -2.16. The van der Waals surface area contributed by atoms with Crippen molar-refractivity contribution in [3.05, 3.63) is 41.0 Å². The summed E-state index contributed by atoms with van der Waals surface area (Å²) in [7, 11) is 6.22. The highest BCUT2D eigenvalue weighted by atomic mass is 32.2. The maximum Gasteiger partial charge on any atom is 0.0261 e. The van der Waals surface area contributed by atoms with E-state index in [1.54, 1.807) is 0 Å². The Balaban J connectivity index is 2.97. The zero-order valence-electron chi connectivity index (χ0n) is 13.5. The summed E-state index contributed by atoms with van der Waals surface area (Å²) in [6.45, 7) is 5.41. The van der Waals surface area contributed by atoms with Gasteiger partial charge in [0.25, 0.3) is 0 Å². The average molecular weight is 292 g/mol. The van der Waals surface area contributed by atoms with Crippen LogP contribution < -0.4 is 4.72 Å². The second kappa shape index (κ2) is 8.40. The van der Waals surface area contributed by atoms with Crippen molar-refractivity contribution in [2.24, 2.45) is 0 Å². The van der Waals surface area contributed by atoms with Crippen LogP contribution in [-0.2, 0) is 5.75 Å². The quantitative estimate of drug-likeness (QED) is 0.771. The minimum absolute atomic E-state index is 0.00322. The molecule has 0 amide bonds. The molecule has 0 saturated heterocycles. The Labute approximate surface area is 126 Å². The molecule has 0 aliphatic carbocycles. The van der Waals surface area contributed by atoms with E-state index in [1.165, 1.54) is 22.3 Å². The van der Waals surface area contributed by atoms with Gasteiger partial charge in [-0.2, -0.15) is 0 Å². The highest BCUT2D eigenvalue weighted by Crippen LogP contribution is 2.25. The van der Waals surface area contributed by atoms with Crippen molar-refractivity contribution in [1.29, 1.82) is 0 Å². The summed E-state index contributed by atoms with van der Waals surface area (Å²) >= 11 is 0. The zero-order chi connectivity index (χ0) is 15.1. The molecule has 0 radical (unpaired) electrons. The van der Waals surface area contributed by atoms with E-state index in [-0.39, 0.29) is 10.7 Å². The topological polar surface area (TPSA) is 15.3 Å². The molecule has 0 heterocycles. The number of allylic oxidation sites excluding steroid dienone is 1. The molecule has 1 atom stereocenters. The van der Waals surface area contributed by atoms with Crippen molar-refractivity contribution in [2.45, 2.75) is 26.0 Å². The van der Waals surface area contributed by atoms with Crippen LogP contribution in [0.1, 0.15) is 30.0 Å². The Morgan fingerprint density at radius 3 is 2.65 bits per heavy atom. The van der Waals surface area contributed by atoms with Gasteiger partial charge in [0.2, 0.25) is 0 Å². The molecule has 1 aromatic carbocycles. The first-order chi connectivity index (χ1) is 9.47. The van der Waals surface area contributed by atoms with E-state index >= 15 is 0 Å². The van der Waals surface area contributed by atoms with Gasteiger partial charge in [0.05, 0.1) is 0 Å². The molecule has 0 aliphatic rings. The Bertz CT molecular complexity index is 490. The largest absolute Gasteiger partial charge is 0.309 e. The standard InChI is InChI=1S/C17H28N2S/c1-7-16(10-11-19(4)5)17-12-15(9-8-14(17)2)13-20(6)18-3/h7-9,12,18H,6,10-11,13H2,1-5H3/b16-7-. The summed E-state index contributed by atoms with van der Waals surface area (Å²) in [4.78, 5) is 2.23. The van der Waals surface area contributed by atoms with Crippen molar-refractivity contribution in [3.63, 3.8) is 0 Å². The molecule has 0 aromatic heterocycles. The summed E-state index contributed by atoms with van der Waals surface area (Å²) in [5.74, 6) is 5.12. The zero-order valence-corrected chi connectivity index (χ0v) is 14.3. The van der Waals surface area contributed by atoms with Crippen LogP contribution in [0.2, 0.25) is 0 Å². The number of benzene rings is 1. The fourth-order valence-corrected chi connectivity index (χ4v) is 2.88. The highest BCUT2D eigenvalue weighted by Gasteiger charge is 2.07. The van der Waals surface area contributed by atoms with E-state index in [9.17, 15) is 0 Å². The van der Waals surface area contributed by atoms with E-state index in [0.29, 0.717) is 0 Å². The summed E-state index contributed by atoms with van der Waals surface area (Å²) in [6, 6.07) is 6.79. The molecule has 2 nitrogen and oxygen atoms in total. The molecule has 0 aliphatic heterocycles. The minimum Gasteiger partial charge on any atom is -0.309 e. The molecule has 0 fully saturated rings. The van der Waals surface area contributed by atoms with Gasteiger partial charge in [-0.1, -0.05) is 30.1 Å². The van der Waals surface area contributed by atoms with Crippen LogP contribution in [0.15, 0.2) is 24.3 Å². The van der Waals surface area contributed by atoms with Gasteiger partial charge in [-0.05, 0) is 63.7 Å². The maximum atomic E-state index is 4.12. The van der Waals surface area contributed by atoms with Gasteiger partial charge in [0.15, 0.2) is 0 Å². The van der Waals surface area contributed by atoms with E-state index in [2.05, 4.69) is 67.7 Å².